The molecule has 1 aromatic carbocycles. The second-order valence-electron chi connectivity index (χ2n) is 5.46. The number of likely N-dealkylation sites (tertiary alicyclic amines) is 1. The lowest BCUT2D eigenvalue weighted by molar-refractivity contribution is 0.204. The summed E-state index contributed by atoms with van der Waals surface area (Å²) in [5, 5.41) is 2.81. The van der Waals surface area contributed by atoms with E-state index in [1.807, 2.05) is 42.5 Å². The summed E-state index contributed by atoms with van der Waals surface area (Å²) in [7, 11) is 0. The average Bonchev–Trinajstić information content (AvgIpc) is 2.96. The Hall–Kier alpha value is -2.43. The summed E-state index contributed by atoms with van der Waals surface area (Å²) in [6.07, 6.45) is 2.37. The van der Waals surface area contributed by atoms with Gasteiger partial charge in [-0.15, -0.1) is 0 Å². The number of benzene rings is 1. The zero-order valence-corrected chi connectivity index (χ0v) is 12.2. The molecule has 0 unspecified atom stereocenters. The van der Waals surface area contributed by atoms with E-state index in [1.54, 1.807) is 17.3 Å². The number of carbonyl (C=O) groups is 1. The van der Waals surface area contributed by atoms with Crippen molar-refractivity contribution in [2.75, 3.05) is 13.1 Å². The van der Waals surface area contributed by atoms with Gasteiger partial charge in [-0.3, -0.25) is 4.98 Å². The molecule has 0 radical (unpaired) electrons. The second-order valence-corrected chi connectivity index (χ2v) is 5.46. The number of hydrogen-bond acceptors (Lipinski definition) is 2. The van der Waals surface area contributed by atoms with Gasteiger partial charge in [0.15, 0.2) is 0 Å². The summed E-state index contributed by atoms with van der Waals surface area (Å²) in [5.41, 5.74) is 1.86. The van der Waals surface area contributed by atoms with E-state index in [0.29, 0.717) is 13.1 Å². The van der Waals surface area contributed by atoms with Gasteiger partial charge in [-0.05, 0) is 17.2 Å². The fourth-order valence-corrected chi connectivity index (χ4v) is 2.74. The zero-order chi connectivity index (χ0) is 15.4. The number of nitrogens with zero attached hydrogens (tertiary/aromatic N) is 2. The summed E-state index contributed by atoms with van der Waals surface area (Å²) < 4.78 is 14.2. The first-order valence-corrected chi connectivity index (χ1v) is 7.35. The molecule has 2 amide bonds. The van der Waals surface area contributed by atoms with Crippen LogP contribution < -0.4 is 5.32 Å². The highest BCUT2D eigenvalue weighted by Gasteiger charge is 2.36. The van der Waals surface area contributed by atoms with E-state index < -0.39 is 6.17 Å². The Bertz CT molecular complexity index is 620. The second kappa shape index (κ2) is 6.56. The van der Waals surface area contributed by atoms with Crippen molar-refractivity contribution in [1.82, 2.24) is 15.2 Å². The monoisotopic (exact) mass is 299 g/mol. The maximum absolute atomic E-state index is 14.2. The van der Waals surface area contributed by atoms with Crippen LogP contribution in [0.4, 0.5) is 9.18 Å². The number of carbonyl (C=O) groups excluding carboxylic acids is 1. The van der Waals surface area contributed by atoms with Crippen molar-refractivity contribution in [2.45, 2.75) is 18.6 Å². The van der Waals surface area contributed by atoms with Crippen LogP contribution in [0.1, 0.15) is 17.0 Å². The van der Waals surface area contributed by atoms with Crippen LogP contribution >= 0.6 is 0 Å². The molecule has 0 aliphatic carbocycles. The minimum atomic E-state index is -1.02. The number of rotatable bonds is 3. The molecule has 1 fully saturated rings. The molecular weight excluding hydrogens is 281 g/mol. The number of pyridine rings is 1. The first kappa shape index (κ1) is 14.5. The molecule has 1 N–H and O–H groups in total. The molecule has 2 heterocycles. The van der Waals surface area contributed by atoms with Gasteiger partial charge in [0.2, 0.25) is 0 Å². The van der Waals surface area contributed by atoms with Gasteiger partial charge in [0, 0.05) is 31.4 Å². The van der Waals surface area contributed by atoms with E-state index in [4.69, 9.17) is 0 Å². The molecule has 5 heteroatoms. The van der Waals surface area contributed by atoms with Gasteiger partial charge in [0.25, 0.3) is 0 Å². The quantitative estimate of drug-likeness (QED) is 0.947. The number of halogens is 1. The fourth-order valence-electron chi connectivity index (χ4n) is 2.74. The van der Waals surface area contributed by atoms with Gasteiger partial charge in [0.05, 0.1) is 6.54 Å². The lowest BCUT2D eigenvalue weighted by Crippen LogP contribution is -2.38. The molecule has 1 aliphatic heterocycles. The predicted octanol–water partition coefficient (Wildman–Crippen LogP) is 2.73. The Morgan fingerprint density at radius 2 is 2.05 bits per heavy atom. The van der Waals surface area contributed by atoms with Crippen molar-refractivity contribution in [3.63, 3.8) is 0 Å². The largest absolute Gasteiger partial charge is 0.334 e. The SMILES string of the molecule is O=C(NCc1cccnc1)N1C[C@@H](F)[C@@H](c2ccccc2)C1. The third-order valence-electron chi connectivity index (χ3n) is 3.93. The molecule has 2 aromatic rings. The standard InChI is InChI=1S/C17H18FN3O/c18-16-12-21(11-15(16)14-6-2-1-3-7-14)17(22)20-10-13-5-4-8-19-9-13/h1-9,15-16H,10-12H2,(H,20,22)/t15-,16-/m1/s1. The summed E-state index contributed by atoms with van der Waals surface area (Å²) in [6.45, 7) is 0.943. The molecule has 1 aliphatic rings. The number of aromatic nitrogens is 1. The molecule has 3 rings (SSSR count). The molecule has 1 aromatic heterocycles. The van der Waals surface area contributed by atoms with Crippen LogP contribution in [0.25, 0.3) is 0 Å². The Kier molecular flexibility index (Phi) is 4.32. The number of alkyl halides is 1. The van der Waals surface area contributed by atoms with Crippen molar-refractivity contribution in [2.24, 2.45) is 0 Å². The van der Waals surface area contributed by atoms with Crippen LogP contribution in [0.15, 0.2) is 54.9 Å². The van der Waals surface area contributed by atoms with Crippen molar-refractivity contribution < 1.29 is 9.18 Å². The van der Waals surface area contributed by atoms with Gasteiger partial charge in [-0.2, -0.15) is 0 Å². The van der Waals surface area contributed by atoms with Gasteiger partial charge in [-0.1, -0.05) is 36.4 Å². The highest BCUT2D eigenvalue weighted by Crippen LogP contribution is 2.29. The van der Waals surface area contributed by atoms with E-state index in [1.165, 1.54) is 0 Å². The third kappa shape index (κ3) is 3.24. The summed E-state index contributed by atoms with van der Waals surface area (Å²) in [4.78, 5) is 17.7. The third-order valence-corrected chi connectivity index (χ3v) is 3.93. The molecule has 0 saturated carbocycles. The summed E-state index contributed by atoms with van der Waals surface area (Å²) in [6, 6.07) is 13.0. The van der Waals surface area contributed by atoms with Crippen LogP contribution in [-0.2, 0) is 6.54 Å². The van der Waals surface area contributed by atoms with Crippen LogP contribution in [0.2, 0.25) is 0 Å². The molecule has 1 saturated heterocycles. The van der Waals surface area contributed by atoms with Crippen molar-refractivity contribution in [3.8, 4) is 0 Å². The topological polar surface area (TPSA) is 45.2 Å². The fraction of sp³-hybridized carbons (Fsp3) is 0.294. The van der Waals surface area contributed by atoms with Gasteiger partial charge >= 0.3 is 6.03 Å². The highest BCUT2D eigenvalue weighted by molar-refractivity contribution is 5.74. The van der Waals surface area contributed by atoms with Crippen LogP contribution in [0, 0.1) is 0 Å². The van der Waals surface area contributed by atoms with Gasteiger partial charge in [-0.25, -0.2) is 9.18 Å². The minimum Gasteiger partial charge on any atom is -0.334 e. The molecule has 0 spiro atoms. The van der Waals surface area contributed by atoms with Crippen LogP contribution in [0.3, 0.4) is 0 Å². The van der Waals surface area contributed by atoms with E-state index in [2.05, 4.69) is 10.3 Å². The van der Waals surface area contributed by atoms with Crippen molar-refractivity contribution in [1.29, 1.82) is 0 Å². The van der Waals surface area contributed by atoms with E-state index >= 15 is 0 Å². The van der Waals surface area contributed by atoms with Gasteiger partial charge < -0.3 is 10.2 Å². The normalized spacial score (nSPS) is 20.9. The maximum atomic E-state index is 14.2. The predicted molar refractivity (Wildman–Crippen MR) is 82.1 cm³/mol. The summed E-state index contributed by atoms with van der Waals surface area (Å²) in [5.74, 6) is -0.245. The maximum Gasteiger partial charge on any atom is 0.317 e. The minimum absolute atomic E-state index is 0.137. The van der Waals surface area contributed by atoms with Crippen LogP contribution in [-0.4, -0.2) is 35.2 Å². The zero-order valence-electron chi connectivity index (χ0n) is 12.2. The molecule has 22 heavy (non-hydrogen) atoms. The molecule has 114 valence electrons. The van der Waals surface area contributed by atoms with Crippen molar-refractivity contribution >= 4 is 6.03 Å². The summed E-state index contributed by atoms with van der Waals surface area (Å²) >= 11 is 0. The highest BCUT2D eigenvalue weighted by atomic mass is 19.1. The molecular formula is C17H18FN3O. The first-order chi connectivity index (χ1) is 10.7. The van der Waals surface area contributed by atoms with E-state index in [-0.39, 0.29) is 18.5 Å². The molecule has 0 bridgehead atoms. The Labute approximate surface area is 129 Å². The number of hydrogen-bond donors (Lipinski definition) is 1. The number of nitrogens with one attached hydrogen (secondary N) is 1. The lowest BCUT2D eigenvalue weighted by atomic mass is 9.97. The number of urea groups is 1. The molecule has 2 atom stereocenters. The van der Waals surface area contributed by atoms with Crippen molar-refractivity contribution in [3.05, 3.63) is 66.0 Å². The Morgan fingerprint density at radius 1 is 1.23 bits per heavy atom. The smallest absolute Gasteiger partial charge is 0.317 e. The Balaban J connectivity index is 1.58. The average molecular weight is 299 g/mol. The molecule has 4 nitrogen and oxygen atoms in total. The first-order valence-electron chi connectivity index (χ1n) is 7.35. The van der Waals surface area contributed by atoms with Crippen LogP contribution in [0.5, 0.6) is 0 Å². The van der Waals surface area contributed by atoms with E-state index in [0.717, 1.165) is 11.1 Å². The number of amides is 2. The Morgan fingerprint density at radius 3 is 2.77 bits per heavy atom. The van der Waals surface area contributed by atoms with Gasteiger partial charge in [0.1, 0.15) is 6.17 Å². The lowest BCUT2D eigenvalue weighted by Gasteiger charge is -2.17. The van der Waals surface area contributed by atoms with E-state index in [9.17, 15) is 9.18 Å².